The van der Waals surface area contributed by atoms with Crippen LogP contribution in [-0.4, -0.2) is 36.8 Å². The van der Waals surface area contributed by atoms with E-state index in [1.54, 1.807) is 23.6 Å². The number of aliphatic hydroxyl groups excluding tert-OH is 1. The van der Waals surface area contributed by atoms with Crippen LogP contribution in [-0.2, 0) is 6.54 Å². The first-order valence-corrected chi connectivity index (χ1v) is 7.79. The minimum absolute atomic E-state index is 0. The molecule has 0 aliphatic carbocycles. The molecule has 2 rings (SSSR count). The number of benzene rings is 1. The predicted octanol–water partition coefficient (Wildman–Crippen LogP) is 1.50. The Balaban J connectivity index is 0.00000288. The molecule has 1 aromatic carbocycles. The second-order valence-corrected chi connectivity index (χ2v) is 5.65. The van der Waals surface area contributed by atoms with Gasteiger partial charge in [0.25, 0.3) is 5.91 Å². The van der Waals surface area contributed by atoms with E-state index in [0.717, 1.165) is 0 Å². The van der Waals surface area contributed by atoms with Gasteiger partial charge >= 0.3 is 0 Å². The summed E-state index contributed by atoms with van der Waals surface area (Å²) in [6.45, 7) is 0.342. The monoisotopic (exact) mass is 373 g/mol. The Labute approximate surface area is 150 Å². The zero-order valence-electron chi connectivity index (χ0n) is 13.3. The molecule has 7 nitrogen and oxygen atoms in total. The highest BCUT2D eigenvalue weighted by atomic mass is 35.5. The van der Waals surface area contributed by atoms with Crippen LogP contribution in [0.3, 0.4) is 0 Å². The summed E-state index contributed by atoms with van der Waals surface area (Å²) in [5.74, 6) is 0.781. The molecule has 1 amide bonds. The summed E-state index contributed by atoms with van der Waals surface area (Å²) in [6, 6.07) is 5.09. The first-order valence-electron chi connectivity index (χ1n) is 6.91. The molecule has 2 aromatic rings. The van der Waals surface area contributed by atoms with Crippen molar-refractivity contribution in [2.75, 3.05) is 20.8 Å². The molecule has 0 bridgehead atoms. The van der Waals surface area contributed by atoms with Crippen LogP contribution in [0.15, 0.2) is 23.6 Å². The fourth-order valence-corrected chi connectivity index (χ4v) is 2.58. The number of carbonyl (C=O) groups excluding carboxylic acids is 1. The van der Waals surface area contributed by atoms with Crippen LogP contribution in [0.4, 0.5) is 0 Å². The number of methoxy groups -OCH3 is 2. The van der Waals surface area contributed by atoms with Crippen molar-refractivity contribution in [2.45, 2.75) is 12.6 Å². The lowest BCUT2D eigenvalue weighted by atomic mass is 10.1. The van der Waals surface area contributed by atoms with Crippen molar-refractivity contribution in [1.29, 1.82) is 0 Å². The number of aromatic nitrogens is 1. The lowest BCUT2D eigenvalue weighted by Gasteiger charge is -2.14. The second-order valence-electron chi connectivity index (χ2n) is 4.70. The van der Waals surface area contributed by atoms with Gasteiger partial charge in [-0.05, 0) is 17.7 Å². The maximum absolute atomic E-state index is 12.0. The van der Waals surface area contributed by atoms with Gasteiger partial charge in [-0.1, -0.05) is 0 Å². The van der Waals surface area contributed by atoms with Gasteiger partial charge in [-0.15, -0.1) is 23.7 Å². The lowest BCUT2D eigenvalue weighted by Crippen LogP contribution is -2.28. The number of rotatable bonds is 7. The third-order valence-corrected chi connectivity index (χ3v) is 4.04. The second kappa shape index (κ2) is 9.43. The van der Waals surface area contributed by atoms with Crippen molar-refractivity contribution in [3.63, 3.8) is 0 Å². The highest BCUT2D eigenvalue weighted by Gasteiger charge is 2.15. The topological polar surface area (TPSA) is 107 Å². The summed E-state index contributed by atoms with van der Waals surface area (Å²) in [6.07, 6.45) is -0.893. The smallest absolute Gasteiger partial charge is 0.270 e. The Morgan fingerprint density at radius 3 is 2.46 bits per heavy atom. The van der Waals surface area contributed by atoms with Crippen LogP contribution >= 0.6 is 23.7 Å². The number of aliphatic hydroxyl groups is 1. The SMILES string of the molecule is COc1cc(OC)cc(C(O)CNC(=O)c2csc(CN)n2)c1.Cl. The number of halogens is 1. The molecule has 0 aliphatic rings. The Morgan fingerprint density at radius 2 is 1.96 bits per heavy atom. The molecule has 132 valence electrons. The lowest BCUT2D eigenvalue weighted by molar-refractivity contribution is 0.0911. The normalized spacial score (nSPS) is 11.3. The van der Waals surface area contributed by atoms with Gasteiger partial charge in [0, 0.05) is 24.5 Å². The largest absolute Gasteiger partial charge is 0.497 e. The number of nitrogens with two attached hydrogens (primary N) is 1. The number of nitrogens with one attached hydrogen (secondary N) is 1. The molecule has 9 heteroatoms. The fraction of sp³-hybridized carbons (Fsp3) is 0.333. The molecule has 1 aromatic heterocycles. The minimum atomic E-state index is -0.893. The molecular weight excluding hydrogens is 354 g/mol. The molecule has 0 saturated carbocycles. The highest BCUT2D eigenvalue weighted by molar-refractivity contribution is 7.09. The minimum Gasteiger partial charge on any atom is -0.497 e. The maximum Gasteiger partial charge on any atom is 0.270 e. The number of amides is 1. The number of nitrogens with zero attached hydrogens (tertiary/aromatic N) is 1. The first-order chi connectivity index (χ1) is 11.1. The van der Waals surface area contributed by atoms with Crippen molar-refractivity contribution in [2.24, 2.45) is 5.73 Å². The van der Waals surface area contributed by atoms with E-state index in [1.807, 2.05) is 0 Å². The fourth-order valence-electron chi connectivity index (χ4n) is 1.93. The summed E-state index contributed by atoms with van der Waals surface area (Å²) >= 11 is 1.33. The van der Waals surface area contributed by atoms with Crippen molar-refractivity contribution >= 4 is 29.7 Å². The quantitative estimate of drug-likeness (QED) is 0.679. The molecule has 1 atom stereocenters. The Hall–Kier alpha value is -1.87. The number of thiazole rings is 1. The molecule has 1 heterocycles. The summed E-state index contributed by atoms with van der Waals surface area (Å²) in [7, 11) is 3.06. The summed E-state index contributed by atoms with van der Waals surface area (Å²) in [5, 5.41) is 15.2. The molecule has 4 N–H and O–H groups in total. The van der Waals surface area contributed by atoms with Gasteiger partial charge in [0.15, 0.2) is 0 Å². The summed E-state index contributed by atoms with van der Waals surface area (Å²) in [5.41, 5.74) is 6.35. The van der Waals surface area contributed by atoms with Gasteiger partial charge in [0.2, 0.25) is 0 Å². The molecule has 0 aliphatic heterocycles. The van der Waals surface area contributed by atoms with Crippen LogP contribution < -0.4 is 20.5 Å². The van der Waals surface area contributed by atoms with Crippen molar-refractivity contribution in [1.82, 2.24) is 10.3 Å². The molecule has 0 radical (unpaired) electrons. The van der Waals surface area contributed by atoms with E-state index in [0.29, 0.717) is 34.3 Å². The van der Waals surface area contributed by atoms with Crippen LogP contribution in [0.5, 0.6) is 11.5 Å². The van der Waals surface area contributed by atoms with Gasteiger partial charge in [0.1, 0.15) is 22.2 Å². The number of hydrogen-bond donors (Lipinski definition) is 3. The van der Waals surface area contributed by atoms with Crippen LogP contribution in [0.2, 0.25) is 0 Å². The van der Waals surface area contributed by atoms with Gasteiger partial charge in [0.05, 0.1) is 20.3 Å². The van der Waals surface area contributed by atoms with Crippen LogP contribution in [0.1, 0.15) is 27.2 Å². The maximum atomic E-state index is 12.0. The van der Waals surface area contributed by atoms with Gasteiger partial charge < -0.3 is 25.6 Å². The first kappa shape index (κ1) is 20.2. The van der Waals surface area contributed by atoms with Crippen molar-refractivity contribution in [3.05, 3.63) is 39.8 Å². The van der Waals surface area contributed by atoms with Gasteiger partial charge in [-0.25, -0.2) is 4.98 Å². The number of ether oxygens (including phenoxy) is 2. The highest BCUT2D eigenvalue weighted by Crippen LogP contribution is 2.26. The molecule has 1 unspecified atom stereocenters. The Morgan fingerprint density at radius 1 is 1.33 bits per heavy atom. The van der Waals surface area contributed by atoms with Crippen molar-refractivity contribution in [3.8, 4) is 11.5 Å². The van der Waals surface area contributed by atoms with E-state index >= 15 is 0 Å². The van der Waals surface area contributed by atoms with E-state index in [9.17, 15) is 9.90 Å². The van der Waals surface area contributed by atoms with Crippen LogP contribution in [0, 0.1) is 0 Å². The summed E-state index contributed by atoms with van der Waals surface area (Å²) in [4.78, 5) is 16.1. The zero-order valence-corrected chi connectivity index (χ0v) is 14.9. The third kappa shape index (κ3) is 5.07. The molecule has 24 heavy (non-hydrogen) atoms. The van der Waals surface area contributed by atoms with E-state index in [1.165, 1.54) is 25.6 Å². The molecule has 0 saturated heterocycles. The third-order valence-electron chi connectivity index (χ3n) is 3.17. The average Bonchev–Trinajstić information content (AvgIpc) is 3.08. The number of hydrogen-bond acceptors (Lipinski definition) is 7. The number of carbonyl (C=O) groups is 1. The standard InChI is InChI=1S/C15H19N3O4S.ClH/c1-21-10-3-9(4-11(5-10)22-2)13(19)7-17-15(20)12-8-23-14(6-16)18-12;/h3-5,8,13,19H,6-7,16H2,1-2H3,(H,17,20);1H. The Kier molecular flexibility index (Phi) is 7.93. The Bertz CT molecular complexity index is 658. The predicted molar refractivity (Wildman–Crippen MR) is 94.1 cm³/mol. The van der Waals surface area contributed by atoms with E-state index in [4.69, 9.17) is 15.2 Å². The van der Waals surface area contributed by atoms with E-state index in [2.05, 4.69) is 10.3 Å². The molecule has 0 spiro atoms. The molecular formula is C15H20ClN3O4S. The average molecular weight is 374 g/mol. The van der Waals surface area contributed by atoms with E-state index in [-0.39, 0.29) is 24.9 Å². The summed E-state index contributed by atoms with van der Waals surface area (Å²) < 4.78 is 10.3. The van der Waals surface area contributed by atoms with E-state index < -0.39 is 6.10 Å². The van der Waals surface area contributed by atoms with Crippen LogP contribution in [0.25, 0.3) is 0 Å². The molecule has 0 fully saturated rings. The van der Waals surface area contributed by atoms with Gasteiger partial charge in [-0.2, -0.15) is 0 Å². The van der Waals surface area contributed by atoms with Crippen molar-refractivity contribution < 1.29 is 19.4 Å². The van der Waals surface area contributed by atoms with Gasteiger partial charge in [-0.3, -0.25) is 4.79 Å². The zero-order chi connectivity index (χ0) is 16.8.